The summed E-state index contributed by atoms with van der Waals surface area (Å²) in [6.45, 7) is 0. The van der Waals surface area contributed by atoms with Crippen LogP contribution in [0.15, 0.2) is 54.6 Å². The van der Waals surface area contributed by atoms with Gasteiger partial charge in [0.15, 0.2) is 0 Å². The highest BCUT2D eigenvalue weighted by molar-refractivity contribution is 6.08. The zero-order chi connectivity index (χ0) is 16.9. The number of hydrogen-bond acceptors (Lipinski definition) is 2. The number of alkyl halides is 3. The molecule has 2 aromatic carbocycles. The van der Waals surface area contributed by atoms with Crippen molar-refractivity contribution in [3.05, 3.63) is 60.2 Å². The Bertz CT molecular complexity index is 700. The molecule has 7 heteroatoms. The normalized spacial score (nSPS) is 10.9. The predicted molar refractivity (Wildman–Crippen MR) is 79.8 cm³/mol. The molecule has 2 amide bonds. The minimum atomic E-state index is -4.59. The fraction of sp³-hybridized carbons (Fsp3) is 0.125. The highest BCUT2D eigenvalue weighted by Crippen LogP contribution is 2.34. The lowest BCUT2D eigenvalue weighted by molar-refractivity contribution is -0.137. The maximum Gasteiger partial charge on any atom is 0.418 e. The Kier molecular flexibility index (Phi) is 5.00. The van der Waals surface area contributed by atoms with Gasteiger partial charge in [0.2, 0.25) is 11.8 Å². The monoisotopic (exact) mass is 322 g/mol. The number of amides is 2. The minimum Gasteiger partial charge on any atom is -0.326 e. The van der Waals surface area contributed by atoms with Gasteiger partial charge in [0.1, 0.15) is 6.42 Å². The van der Waals surface area contributed by atoms with Gasteiger partial charge in [0.25, 0.3) is 0 Å². The summed E-state index contributed by atoms with van der Waals surface area (Å²) in [6, 6.07) is 13.0. The van der Waals surface area contributed by atoms with Crippen LogP contribution in [0, 0.1) is 0 Å². The first-order valence-corrected chi connectivity index (χ1v) is 6.67. The average Bonchev–Trinajstić information content (AvgIpc) is 2.47. The van der Waals surface area contributed by atoms with Gasteiger partial charge in [-0.25, -0.2) is 0 Å². The molecule has 0 heterocycles. The number of nitrogens with one attached hydrogen (secondary N) is 2. The van der Waals surface area contributed by atoms with Gasteiger partial charge in [-0.2, -0.15) is 13.2 Å². The van der Waals surface area contributed by atoms with Crippen molar-refractivity contribution in [2.75, 3.05) is 10.6 Å². The van der Waals surface area contributed by atoms with E-state index in [4.69, 9.17) is 0 Å². The highest BCUT2D eigenvalue weighted by atomic mass is 19.4. The summed E-state index contributed by atoms with van der Waals surface area (Å²) in [4.78, 5) is 23.5. The summed E-state index contributed by atoms with van der Waals surface area (Å²) in [5.41, 5.74) is -0.838. The second-order valence-corrected chi connectivity index (χ2v) is 4.68. The molecule has 0 aromatic heterocycles. The average molecular weight is 322 g/mol. The molecule has 0 fully saturated rings. The molecule has 2 aromatic rings. The van der Waals surface area contributed by atoms with Crippen molar-refractivity contribution in [2.24, 2.45) is 0 Å². The van der Waals surface area contributed by atoms with Crippen LogP contribution < -0.4 is 10.6 Å². The lowest BCUT2D eigenvalue weighted by Gasteiger charge is -2.13. The Hall–Kier alpha value is -2.83. The van der Waals surface area contributed by atoms with Crippen molar-refractivity contribution < 1.29 is 22.8 Å². The van der Waals surface area contributed by atoms with E-state index in [0.717, 1.165) is 12.1 Å². The molecule has 0 radical (unpaired) electrons. The van der Waals surface area contributed by atoms with Gasteiger partial charge in [0.05, 0.1) is 11.3 Å². The van der Waals surface area contributed by atoms with Crippen LogP contribution >= 0.6 is 0 Å². The summed E-state index contributed by atoms with van der Waals surface area (Å²) in [7, 11) is 0. The first-order chi connectivity index (χ1) is 10.9. The van der Waals surface area contributed by atoms with E-state index in [1.165, 1.54) is 12.1 Å². The molecular formula is C16H13F3N2O2. The number of hydrogen-bond donors (Lipinski definition) is 2. The smallest absolute Gasteiger partial charge is 0.326 e. The number of rotatable bonds is 4. The first-order valence-electron chi connectivity index (χ1n) is 6.67. The van der Waals surface area contributed by atoms with Gasteiger partial charge in [-0.05, 0) is 24.3 Å². The van der Waals surface area contributed by atoms with Gasteiger partial charge in [0, 0.05) is 5.69 Å². The predicted octanol–water partition coefficient (Wildman–Crippen LogP) is 3.67. The van der Waals surface area contributed by atoms with Crippen molar-refractivity contribution in [3.8, 4) is 0 Å². The Balaban J connectivity index is 1.99. The largest absolute Gasteiger partial charge is 0.418 e. The zero-order valence-electron chi connectivity index (χ0n) is 11.9. The van der Waals surface area contributed by atoms with Crippen LogP contribution in [0.4, 0.5) is 24.5 Å². The SMILES string of the molecule is O=C(CC(=O)Nc1ccccc1C(F)(F)F)Nc1ccccc1. The molecule has 0 saturated heterocycles. The molecule has 0 aliphatic carbocycles. The Morgan fingerprint density at radius 1 is 0.826 bits per heavy atom. The van der Waals surface area contributed by atoms with Crippen LogP contribution in [-0.4, -0.2) is 11.8 Å². The fourth-order valence-electron chi connectivity index (χ4n) is 1.91. The van der Waals surface area contributed by atoms with Crippen LogP contribution in [0.3, 0.4) is 0 Å². The molecule has 0 bridgehead atoms. The summed E-state index contributed by atoms with van der Waals surface area (Å²) in [6.07, 6.45) is -5.17. The van der Waals surface area contributed by atoms with E-state index in [2.05, 4.69) is 10.6 Å². The third kappa shape index (κ3) is 4.84. The van der Waals surface area contributed by atoms with Crippen LogP contribution in [0.2, 0.25) is 0 Å². The molecule has 0 aliphatic heterocycles. The van der Waals surface area contributed by atoms with Crippen LogP contribution in [-0.2, 0) is 15.8 Å². The molecule has 2 rings (SSSR count). The number of benzene rings is 2. The molecule has 0 unspecified atom stereocenters. The van der Waals surface area contributed by atoms with Crippen molar-refractivity contribution >= 4 is 23.2 Å². The van der Waals surface area contributed by atoms with Crippen LogP contribution in [0.5, 0.6) is 0 Å². The quantitative estimate of drug-likeness (QED) is 0.844. The Morgan fingerprint density at radius 3 is 2.04 bits per heavy atom. The molecule has 0 saturated carbocycles. The van der Waals surface area contributed by atoms with Gasteiger partial charge >= 0.3 is 6.18 Å². The number of anilines is 2. The van der Waals surface area contributed by atoms with Gasteiger partial charge in [-0.15, -0.1) is 0 Å². The maximum atomic E-state index is 12.8. The van der Waals surface area contributed by atoms with E-state index in [-0.39, 0.29) is 5.69 Å². The molecule has 0 spiro atoms. The second-order valence-electron chi connectivity index (χ2n) is 4.68. The van der Waals surface area contributed by atoms with Crippen molar-refractivity contribution in [1.82, 2.24) is 0 Å². The second kappa shape index (κ2) is 6.95. The lowest BCUT2D eigenvalue weighted by atomic mass is 10.1. The first kappa shape index (κ1) is 16.5. The molecule has 0 aliphatic rings. The number of carbonyl (C=O) groups is 2. The van der Waals surface area contributed by atoms with E-state index in [1.807, 2.05) is 0 Å². The van der Waals surface area contributed by atoms with Gasteiger partial charge < -0.3 is 10.6 Å². The standard InChI is InChI=1S/C16H13F3N2O2/c17-16(18,19)12-8-4-5-9-13(12)21-15(23)10-14(22)20-11-6-2-1-3-7-11/h1-9H,10H2,(H,20,22)(H,21,23). The summed E-state index contributed by atoms with van der Waals surface area (Å²) >= 11 is 0. The minimum absolute atomic E-state index is 0.377. The van der Waals surface area contributed by atoms with Gasteiger partial charge in [-0.3, -0.25) is 9.59 Å². The van der Waals surface area contributed by atoms with E-state index < -0.39 is 30.0 Å². The molecule has 0 atom stereocenters. The van der Waals surface area contributed by atoms with E-state index >= 15 is 0 Å². The fourth-order valence-corrected chi connectivity index (χ4v) is 1.91. The molecule has 23 heavy (non-hydrogen) atoms. The maximum absolute atomic E-state index is 12.8. The molecule has 4 nitrogen and oxygen atoms in total. The van der Waals surface area contributed by atoms with Crippen LogP contribution in [0.25, 0.3) is 0 Å². The van der Waals surface area contributed by atoms with Crippen molar-refractivity contribution in [1.29, 1.82) is 0 Å². The van der Waals surface area contributed by atoms with Crippen LogP contribution in [0.1, 0.15) is 12.0 Å². The molecular weight excluding hydrogens is 309 g/mol. The van der Waals surface area contributed by atoms with Crippen molar-refractivity contribution in [3.63, 3.8) is 0 Å². The lowest BCUT2D eigenvalue weighted by Crippen LogP contribution is -2.22. The van der Waals surface area contributed by atoms with E-state index in [9.17, 15) is 22.8 Å². The summed E-state index contributed by atoms with van der Waals surface area (Å²) < 4.78 is 38.5. The molecule has 120 valence electrons. The summed E-state index contributed by atoms with van der Waals surface area (Å²) in [5, 5.41) is 4.60. The number of carbonyl (C=O) groups excluding carboxylic acids is 2. The third-order valence-electron chi connectivity index (χ3n) is 2.89. The number of halogens is 3. The Labute approximate surface area is 130 Å². The summed E-state index contributed by atoms with van der Waals surface area (Å²) in [5.74, 6) is -1.44. The van der Waals surface area contributed by atoms with Gasteiger partial charge in [-0.1, -0.05) is 30.3 Å². The van der Waals surface area contributed by atoms with E-state index in [1.54, 1.807) is 30.3 Å². The van der Waals surface area contributed by atoms with E-state index in [0.29, 0.717) is 5.69 Å². The zero-order valence-corrected chi connectivity index (χ0v) is 11.9. The third-order valence-corrected chi connectivity index (χ3v) is 2.89. The topological polar surface area (TPSA) is 58.2 Å². The Morgan fingerprint density at radius 2 is 1.39 bits per heavy atom. The molecule has 2 N–H and O–H groups in total. The highest BCUT2D eigenvalue weighted by Gasteiger charge is 2.33. The number of para-hydroxylation sites is 2. The van der Waals surface area contributed by atoms with Crippen molar-refractivity contribution in [2.45, 2.75) is 12.6 Å².